The molecule has 0 aliphatic carbocycles. The lowest BCUT2D eigenvalue weighted by Gasteiger charge is -2.29. The second-order valence-electron chi connectivity index (χ2n) is 6.22. The van der Waals surface area contributed by atoms with Crippen molar-refractivity contribution in [1.29, 1.82) is 0 Å². The van der Waals surface area contributed by atoms with Gasteiger partial charge in [-0.3, -0.25) is 4.98 Å². The summed E-state index contributed by atoms with van der Waals surface area (Å²) in [5.41, 5.74) is 2.19. The van der Waals surface area contributed by atoms with E-state index in [1.807, 2.05) is 13.8 Å². The third kappa shape index (κ3) is 3.64. The number of aromatic nitrogens is 1. The van der Waals surface area contributed by atoms with E-state index < -0.39 is 17.9 Å². The molecule has 0 fully saturated rings. The van der Waals surface area contributed by atoms with Gasteiger partial charge in [-0.15, -0.1) is 0 Å². The van der Waals surface area contributed by atoms with Crippen molar-refractivity contribution in [2.45, 2.75) is 33.6 Å². The van der Waals surface area contributed by atoms with Gasteiger partial charge in [-0.05, 0) is 31.4 Å². The molecule has 1 unspecified atom stereocenters. The van der Waals surface area contributed by atoms with Gasteiger partial charge in [-0.25, -0.2) is 9.59 Å². The zero-order valence-electron chi connectivity index (χ0n) is 14.3. The van der Waals surface area contributed by atoms with Crippen LogP contribution in [0.4, 0.5) is 0 Å². The molecule has 24 heavy (non-hydrogen) atoms. The fraction of sp³-hybridized carbons (Fsp3) is 0.389. The number of nitrogens with zero attached hydrogens (tertiary/aromatic N) is 1. The number of hydrogen-bond acceptors (Lipinski definition) is 5. The Morgan fingerprint density at radius 2 is 1.96 bits per heavy atom. The van der Waals surface area contributed by atoms with Crippen molar-refractivity contribution >= 4 is 11.9 Å². The quantitative estimate of drug-likeness (QED) is 0.807. The number of carbonyl (C=O) groups excluding carboxylic acids is 1. The first-order valence-electron chi connectivity index (χ1n) is 7.81. The minimum Gasteiger partial charge on any atom is -0.478 e. The van der Waals surface area contributed by atoms with Crippen LogP contribution in [0.15, 0.2) is 47.1 Å². The SMILES string of the molecule is CC1=C(C(=O)O)C(c2cccnc2)C(C(=O)OCC(C)C)=C(C)N1. The molecule has 2 heterocycles. The number of pyridine rings is 1. The summed E-state index contributed by atoms with van der Waals surface area (Å²) < 4.78 is 5.36. The van der Waals surface area contributed by atoms with Gasteiger partial charge >= 0.3 is 11.9 Å². The summed E-state index contributed by atoms with van der Waals surface area (Å²) in [6, 6.07) is 3.49. The fourth-order valence-electron chi connectivity index (χ4n) is 2.75. The molecule has 2 N–H and O–H groups in total. The maximum absolute atomic E-state index is 12.6. The first-order valence-corrected chi connectivity index (χ1v) is 7.81. The maximum Gasteiger partial charge on any atom is 0.336 e. The molecule has 128 valence electrons. The summed E-state index contributed by atoms with van der Waals surface area (Å²) in [6.45, 7) is 7.60. The van der Waals surface area contributed by atoms with Gasteiger partial charge in [0.15, 0.2) is 0 Å². The van der Waals surface area contributed by atoms with Crippen molar-refractivity contribution in [2.24, 2.45) is 5.92 Å². The number of ether oxygens (including phenoxy) is 1. The van der Waals surface area contributed by atoms with E-state index >= 15 is 0 Å². The molecular formula is C18H22N2O4. The van der Waals surface area contributed by atoms with Crippen molar-refractivity contribution in [1.82, 2.24) is 10.3 Å². The Hall–Kier alpha value is -2.63. The van der Waals surface area contributed by atoms with E-state index in [-0.39, 0.29) is 18.1 Å². The number of nitrogens with one attached hydrogen (secondary N) is 1. The average molecular weight is 330 g/mol. The highest BCUT2D eigenvalue weighted by molar-refractivity contribution is 5.99. The van der Waals surface area contributed by atoms with Crippen LogP contribution in [0.5, 0.6) is 0 Å². The summed E-state index contributed by atoms with van der Waals surface area (Å²) >= 11 is 0. The van der Waals surface area contributed by atoms with Crippen LogP contribution in [0.1, 0.15) is 39.2 Å². The Morgan fingerprint density at radius 3 is 2.50 bits per heavy atom. The Balaban J connectivity index is 2.51. The van der Waals surface area contributed by atoms with Gasteiger partial charge in [0, 0.05) is 23.8 Å². The van der Waals surface area contributed by atoms with Crippen LogP contribution in [0.2, 0.25) is 0 Å². The molecule has 1 aromatic heterocycles. The Kier molecular flexibility index (Phi) is 5.39. The highest BCUT2D eigenvalue weighted by Gasteiger charge is 2.37. The molecule has 0 spiro atoms. The van der Waals surface area contributed by atoms with Crippen molar-refractivity contribution in [3.8, 4) is 0 Å². The van der Waals surface area contributed by atoms with E-state index in [2.05, 4.69) is 10.3 Å². The van der Waals surface area contributed by atoms with E-state index in [0.29, 0.717) is 22.5 Å². The highest BCUT2D eigenvalue weighted by Crippen LogP contribution is 2.38. The third-order valence-corrected chi connectivity index (χ3v) is 3.78. The number of carboxylic acid groups (broad SMARTS) is 1. The van der Waals surface area contributed by atoms with E-state index in [9.17, 15) is 14.7 Å². The molecule has 1 atom stereocenters. The first-order chi connectivity index (χ1) is 11.3. The predicted octanol–water partition coefficient (Wildman–Crippen LogP) is 2.60. The number of hydrogen-bond donors (Lipinski definition) is 2. The van der Waals surface area contributed by atoms with E-state index in [4.69, 9.17) is 4.74 Å². The average Bonchev–Trinajstić information content (AvgIpc) is 2.52. The van der Waals surface area contributed by atoms with E-state index in [1.165, 1.54) is 0 Å². The van der Waals surface area contributed by atoms with Crippen molar-refractivity contribution in [2.75, 3.05) is 6.61 Å². The molecule has 1 aliphatic rings. The third-order valence-electron chi connectivity index (χ3n) is 3.78. The summed E-state index contributed by atoms with van der Waals surface area (Å²) in [6.07, 6.45) is 3.18. The van der Waals surface area contributed by atoms with Crippen LogP contribution in [-0.4, -0.2) is 28.6 Å². The molecule has 0 radical (unpaired) electrons. The van der Waals surface area contributed by atoms with Gasteiger partial charge in [0.05, 0.1) is 23.7 Å². The van der Waals surface area contributed by atoms with Gasteiger partial charge < -0.3 is 15.2 Å². The number of carbonyl (C=O) groups is 2. The number of dihydropyridines is 1. The molecule has 1 aliphatic heterocycles. The molecule has 6 nitrogen and oxygen atoms in total. The van der Waals surface area contributed by atoms with Gasteiger partial charge in [-0.1, -0.05) is 19.9 Å². The number of esters is 1. The molecule has 0 amide bonds. The first kappa shape index (κ1) is 17.7. The van der Waals surface area contributed by atoms with Crippen molar-refractivity contribution in [3.05, 3.63) is 52.6 Å². The zero-order chi connectivity index (χ0) is 17.9. The lowest BCUT2D eigenvalue weighted by atomic mass is 9.81. The smallest absolute Gasteiger partial charge is 0.336 e. The summed E-state index contributed by atoms with van der Waals surface area (Å²) in [7, 11) is 0. The largest absolute Gasteiger partial charge is 0.478 e. The lowest BCUT2D eigenvalue weighted by Crippen LogP contribution is -2.32. The van der Waals surface area contributed by atoms with Crippen molar-refractivity contribution in [3.63, 3.8) is 0 Å². The fourth-order valence-corrected chi connectivity index (χ4v) is 2.75. The number of allylic oxidation sites excluding steroid dienone is 2. The van der Waals surface area contributed by atoms with Gasteiger partial charge in [-0.2, -0.15) is 0 Å². The molecule has 0 bridgehead atoms. The standard InChI is InChI=1S/C18H22N2O4/c1-10(2)9-24-18(23)15-12(4)20-11(3)14(17(21)22)16(15)13-6-5-7-19-8-13/h5-8,10,16,20H,9H2,1-4H3,(H,21,22). The van der Waals surface area contributed by atoms with Crippen molar-refractivity contribution < 1.29 is 19.4 Å². The molecule has 6 heteroatoms. The molecule has 1 aromatic rings. The second-order valence-corrected chi connectivity index (χ2v) is 6.22. The lowest BCUT2D eigenvalue weighted by molar-refractivity contribution is -0.140. The van der Waals surface area contributed by atoms with Crippen LogP contribution >= 0.6 is 0 Å². The number of aliphatic carboxylic acids is 1. The normalized spacial score (nSPS) is 17.8. The van der Waals surface area contributed by atoms with Crippen LogP contribution < -0.4 is 5.32 Å². The number of carboxylic acids is 1. The predicted molar refractivity (Wildman–Crippen MR) is 88.9 cm³/mol. The van der Waals surface area contributed by atoms with Gasteiger partial charge in [0.25, 0.3) is 0 Å². The molecule has 0 saturated heterocycles. The van der Waals surface area contributed by atoms with Crippen LogP contribution in [0.25, 0.3) is 0 Å². The Bertz CT molecular complexity index is 705. The number of rotatable bonds is 5. The molecule has 2 rings (SSSR count). The van der Waals surface area contributed by atoms with E-state index in [0.717, 1.165) is 0 Å². The summed E-state index contributed by atoms with van der Waals surface area (Å²) in [5.74, 6) is -2.10. The van der Waals surface area contributed by atoms with Crippen LogP contribution in [-0.2, 0) is 14.3 Å². The van der Waals surface area contributed by atoms with E-state index in [1.54, 1.807) is 38.4 Å². The molecule has 0 saturated carbocycles. The molecule has 0 aromatic carbocycles. The summed E-state index contributed by atoms with van der Waals surface area (Å²) in [4.78, 5) is 28.5. The highest BCUT2D eigenvalue weighted by atomic mass is 16.5. The van der Waals surface area contributed by atoms with Crippen LogP contribution in [0.3, 0.4) is 0 Å². The maximum atomic E-state index is 12.6. The Morgan fingerprint density at radius 1 is 1.29 bits per heavy atom. The molecular weight excluding hydrogens is 308 g/mol. The zero-order valence-corrected chi connectivity index (χ0v) is 14.3. The van der Waals surface area contributed by atoms with Gasteiger partial charge in [0.2, 0.25) is 0 Å². The summed E-state index contributed by atoms with van der Waals surface area (Å²) in [5, 5.41) is 12.6. The van der Waals surface area contributed by atoms with Crippen LogP contribution in [0, 0.1) is 5.92 Å². The topological polar surface area (TPSA) is 88.5 Å². The second kappa shape index (κ2) is 7.29. The minimum atomic E-state index is -1.07. The monoisotopic (exact) mass is 330 g/mol. The minimum absolute atomic E-state index is 0.130. The van der Waals surface area contributed by atoms with Gasteiger partial charge in [0.1, 0.15) is 0 Å². The Labute approximate surface area is 141 Å².